The number of fused-ring (bicyclic) bond motifs is 1. The molecule has 0 saturated heterocycles. The number of likely N-dealkylation sites (N-methyl/N-ethyl adjacent to an activating group) is 1. The Labute approximate surface area is 167 Å². The lowest BCUT2D eigenvalue weighted by Gasteiger charge is -2.17. The average molecular weight is 398 g/mol. The lowest BCUT2D eigenvalue weighted by atomic mass is 10.2. The van der Waals surface area contributed by atoms with Crippen LogP contribution in [0.2, 0.25) is 0 Å². The summed E-state index contributed by atoms with van der Waals surface area (Å²) in [5.74, 6) is 0.749. The van der Waals surface area contributed by atoms with Crippen LogP contribution >= 0.6 is 11.3 Å². The monoisotopic (exact) mass is 398 g/mol. The number of carbonyl (C=O) groups excluding carboxylic acids is 2. The molecule has 0 aliphatic carbocycles. The second-order valence-electron chi connectivity index (χ2n) is 6.28. The summed E-state index contributed by atoms with van der Waals surface area (Å²) >= 11 is 1.56. The van der Waals surface area contributed by atoms with E-state index < -0.39 is 0 Å². The van der Waals surface area contributed by atoms with E-state index in [1.807, 2.05) is 31.2 Å². The van der Waals surface area contributed by atoms with Crippen molar-refractivity contribution in [2.24, 2.45) is 0 Å². The first-order valence-electron chi connectivity index (χ1n) is 9.04. The molecule has 7 heteroatoms. The van der Waals surface area contributed by atoms with E-state index in [9.17, 15) is 9.59 Å². The number of ether oxygens (including phenoxy) is 2. The number of thiazole rings is 1. The van der Waals surface area contributed by atoms with Crippen LogP contribution < -0.4 is 9.47 Å². The third kappa shape index (κ3) is 4.86. The highest BCUT2D eigenvalue weighted by Gasteiger charge is 2.14. The number of aldehydes is 1. The van der Waals surface area contributed by atoms with Crippen molar-refractivity contribution in [3.05, 3.63) is 53.0 Å². The van der Waals surface area contributed by atoms with Crippen molar-refractivity contribution in [1.82, 2.24) is 9.88 Å². The molecule has 0 N–H and O–H groups in total. The minimum Gasteiger partial charge on any atom is -0.493 e. The fraction of sp³-hybridized carbons (Fsp3) is 0.286. The molecule has 146 valence electrons. The summed E-state index contributed by atoms with van der Waals surface area (Å²) in [5.41, 5.74) is 1.31. The SMILES string of the molecule is CCCOc1ccc(C=O)c(OCC(=O)N(C)Cc2nc3ccccc3s2)c1. The maximum atomic E-state index is 12.5. The molecule has 0 atom stereocenters. The van der Waals surface area contributed by atoms with Gasteiger partial charge in [0, 0.05) is 13.1 Å². The molecule has 1 aromatic heterocycles. The summed E-state index contributed by atoms with van der Waals surface area (Å²) in [7, 11) is 1.71. The summed E-state index contributed by atoms with van der Waals surface area (Å²) < 4.78 is 12.3. The summed E-state index contributed by atoms with van der Waals surface area (Å²) in [6.45, 7) is 2.82. The molecule has 0 spiro atoms. The van der Waals surface area contributed by atoms with Crippen LogP contribution in [-0.2, 0) is 11.3 Å². The largest absolute Gasteiger partial charge is 0.493 e. The summed E-state index contributed by atoms with van der Waals surface area (Å²) in [6.07, 6.45) is 1.58. The summed E-state index contributed by atoms with van der Waals surface area (Å²) in [6, 6.07) is 12.9. The first kappa shape index (κ1) is 19.8. The molecule has 0 fully saturated rings. The Kier molecular flexibility index (Phi) is 6.60. The molecule has 0 aliphatic rings. The molecule has 0 saturated carbocycles. The average Bonchev–Trinajstić information content (AvgIpc) is 3.12. The second kappa shape index (κ2) is 9.32. The lowest BCUT2D eigenvalue weighted by Crippen LogP contribution is -2.31. The number of aromatic nitrogens is 1. The second-order valence-corrected chi connectivity index (χ2v) is 7.39. The standard InChI is InChI=1S/C21H22N2O4S/c1-3-10-26-16-9-8-15(13-24)18(11-16)27-14-21(25)23(2)12-20-22-17-6-4-5-7-19(17)28-20/h4-9,11,13H,3,10,12,14H2,1-2H3. The molecule has 1 amide bonds. The number of hydrogen-bond acceptors (Lipinski definition) is 6. The number of nitrogens with zero attached hydrogens (tertiary/aromatic N) is 2. The highest BCUT2D eigenvalue weighted by Crippen LogP contribution is 2.25. The first-order valence-corrected chi connectivity index (χ1v) is 9.85. The van der Waals surface area contributed by atoms with Gasteiger partial charge in [-0.3, -0.25) is 9.59 Å². The topological polar surface area (TPSA) is 68.7 Å². The van der Waals surface area contributed by atoms with Crippen LogP contribution in [0.1, 0.15) is 28.7 Å². The van der Waals surface area contributed by atoms with Crippen molar-refractivity contribution in [2.45, 2.75) is 19.9 Å². The third-order valence-corrected chi connectivity index (χ3v) is 5.09. The van der Waals surface area contributed by atoms with E-state index >= 15 is 0 Å². The minimum absolute atomic E-state index is 0.167. The van der Waals surface area contributed by atoms with Crippen LogP contribution in [0.4, 0.5) is 0 Å². The quantitative estimate of drug-likeness (QED) is 0.511. The van der Waals surface area contributed by atoms with Crippen molar-refractivity contribution in [1.29, 1.82) is 0 Å². The van der Waals surface area contributed by atoms with Gasteiger partial charge >= 0.3 is 0 Å². The van der Waals surface area contributed by atoms with Gasteiger partial charge in [-0.1, -0.05) is 19.1 Å². The molecule has 1 heterocycles. The summed E-state index contributed by atoms with van der Waals surface area (Å²) in [4.78, 5) is 29.8. The van der Waals surface area contributed by atoms with E-state index in [2.05, 4.69) is 4.98 Å². The molecule has 3 rings (SSSR count). The molecule has 0 radical (unpaired) electrons. The van der Waals surface area contributed by atoms with Gasteiger partial charge in [-0.25, -0.2) is 4.98 Å². The van der Waals surface area contributed by atoms with Crippen molar-refractivity contribution < 1.29 is 19.1 Å². The van der Waals surface area contributed by atoms with Crippen molar-refractivity contribution in [3.8, 4) is 11.5 Å². The van der Waals surface area contributed by atoms with Gasteiger partial charge in [0.15, 0.2) is 12.9 Å². The van der Waals surface area contributed by atoms with Gasteiger partial charge in [-0.05, 0) is 30.7 Å². The predicted molar refractivity (Wildman–Crippen MR) is 109 cm³/mol. The maximum Gasteiger partial charge on any atom is 0.260 e. The van der Waals surface area contributed by atoms with Gasteiger partial charge in [-0.15, -0.1) is 11.3 Å². The van der Waals surface area contributed by atoms with Gasteiger partial charge in [-0.2, -0.15) is 0 Å². The fourth-order valence-corrected chi connectivity index (χ4v) is 3.60. The predicted octanol–water partition coefficient (Wildman–Crippen LogP) is 3.94. The molecule has 3 aromatic rings. The number of hydrogen-bond donors (Lipinski definition) is 0. The molecule has 0 bridgehead atoms. The number of carbonyl (C=O) groups is 2. The number of benzene rings is 2. The maximum absolute atomic E-state index is 12.5. The zero-order valence-electron chi connectivity index (χ0n) is 15.9. The Morgan fingerprint density at radius 2 is 2.04 bits per heavy atom. The van der Waals surface area contributed by atoms with Gasteiger partial charge in [0.05, 0.1) is 28.9 Å². The number of para-hydroxylation sites is 1. The zero-order chi connectivity index (χ0) is 19.9. The Bertz CT molecular complexity index is 937. The van der Waals surface area contributed by atoms with Gasteiger partial charge in [0.1, 0.15) is 16.5 Å². The Morgan fingerprint density at radius 1 is 1.21 bits per heavy atom. The van der Waals surface area contributed by atoms with Gasteiger partial charge in [0.2, 0.25) is 0 Å². The lowest BCUT2D eigenvalue weighted by molar-refractivity contribution is -0.132. The van der Waals surface area contributed by atoms with E-state index in [0.29, 0.717) is 36.5 Å². The molecular weight excluding hydrogens is 376 g/mol. The van der Waals surface area contributed by atoms with E-state index in [1.54, 1.807) is 41.5 Å². The minimum atomic E-state index is -0.198. The van der Waals surface area contributed by atoms with Gasteiger partial charge < -0.3 is 14.4 Å². The Morgan fingerprint density at radius 3 is 2.79 bits per heavy atom. The Balaban J connectivity index is 1.61. The molecule has 6 nitrogen and oxygen atoms in total. The molecular formula is C21H22N2O4S. The van der Waals surface area contributed by atoms with E-state index in [0.717, 1.165) is 21.6 Å². The van der Waals surface area contributed by atoms with Crippen molar-refractivity contribution in [3.63, 3.8) is 0 Å². The zero-order valence-corrected chi connectivity index (χ0v) is 16.7. The van der Waals surface area contributed by atoms with Crippen LogP contribution in [0.5, 0.6) is 11.5 Å². The van der Waals surface area contributed by atoms with Crippen LogP contribution in [-0.4, -0.2) is 42.3 Å². The van der Waals surface area contributed by atoms with E-state index in [-0.39, 0.29) is 12.5 Å². The van der Waals surface area contributed by atoms with Crippen molar-refractivity contribution >= 4 is 33.7 Å². The highest BCUT2D eigenvalue weighted by atomic mass is 32.1. The third-order valence-electron chi connectivity index (χ3n) is 4.07. The molecule has 28 heavy (non-hydrogen) atoms. The molecule has 2 aromatic carbocycles. The van der Waals surface area contributed by atoms with Gasteiger partial charge in [0.25, 0.3) is 5.91 Å². The normalized spacial score (nSPS) is 10.6. The molecule has 0 aliphatic heterocycles. The smallest absolute Gasteiger partial charge is 0.260 e. The number of amides is 1. The van der Waals surface area contributed by atoms with E-state index in [1.165, 1.54) is 0 Å². The van der Waals surface area contributed by atoms with Crippen LogP contribution in [0.15, 0.2) is 42.5 Å². The van der Waals surface area contributed by atoms with E-state index in [4.69, 9.17) is 9.47 Å². The first-order chi connectivity index (χ1) is 13.6. The summed E-state index contributed by atoms with van der Waals surface area (Å²) in [5, 5.41) is 0.862. The Hall–Kier alpha value is -2.93. The van der Waals surface area contributed by atoms with Crippen molar-refractivity contribution in [2.75, 3.05) is 20.3 Å². The van der Waals surface area contributed by atoms with Crippen LogP contribution in [0.25, 0.3) is 10.2 Å². The molecule has 0 unspecified atom stereocenters. The van der Waals surface area contributed by atoms with Crippen LogP contribution in [0, 0.1) is 0 Å². The fourth-order valence-electron chi connectivity index (χ4n) is 2.58. The number of rotatable bonds is 9. The van der Waals surface area contributed by atoms with Crippen LogP contribution in [0.3, 0.4) is 0 Å². The highest BCUT2D eigenvalue weighted by molar-refractivity contribution is 7.18.